The summed E-state index contributed by atoms with van der Waals surface area (Å²) >= 11 is 5.99. The first kappa shape index (κ1) is 30.2. The molecule has 0 spiro atoms. The third kappa shape index (κ3) is 8.07. The molecule has 0 radical (unpaired) electrons. The Morgan fingerprint density at radius 1 is 0.949 bits per heavy atom. The van der Waals surface area contributed by atoms with Crippen LogP contribution in [-0.4, -0.2) is 44.3 Å². The summed E-state index contributed by atoms with van der Waals surface area (Å²) < 4.78 is 28.7. The van der Waals surface area contributed by atoms with Gasteiger partial charge in [0.1, 0.15) is 12.6 Å². The van der Waals surface area contributed by atoms with Crippen molar-refractivity contribution in [2.24, 2.45) is 0 Å². The van der Waals surface area contributed by atoms with Gasteiger partial charge in [0, 0.05) is 18.1 Å². The smallest absolute Gasteiger partial charge is 0.264 e. The average molecular weight is 570 g/mol. The second kappa shape index (κ2) is 13.6. The fraction of sp³-hybridized carbons (Fsp3) is 0.333. The Kier molecular flexibility index (Phi) is 10.5. The van der Waals surface area contributed by atoms with Gasteiger partial charge in [0.2, 0.25) is 11.8 Å². The maximum atomic E-state index is 13.9. The third-order valence-corrected chi connectivity index (χ3v) is 8.48. The quantitative estimate of drug-likeness (QED) is 0.292. The molecule has 7 nitrogen and oxygen atoms in total. The highest BCUT2D eigenvalue weighted by Crippen LogP contribution is 2.26. The van der Waals surface area contributed by atoms with Crippen LogP contribution in [0.25, 0.3) is 0 Å². The Morgan fingerprint density at radius 3 is 2.23 bits per heavy atom. The Morgan fingerprint density at radius 2 is 1.62 bits per heavy atom. The van der Waals surface area contributed by atoms with E-state index in [0.29, 0.717) is 17.3 Å². The summed E-state index contributed by atoms with van der Waals surface area (Å²) in [6.45, 7) is 7.70. The second-order valence-corrected chi connectivity index (χ2v) is 11.9. The van der Waals surface area contributed by atoms with Crippen molar-refractivity contribution in [3.05, 3.63) is 94.5 Å². The van der Waals surface area contributed by atoms with Gasteiger partial charge in [-0.25, -0.2) is 8.42 Å². The molecular weight excluding hydrogens is 534 g/mol. The minimum Gasteiger partial charge on any atom is -0.354 e. The van der Waals surface area contributed by atoms with Gasteiger partial charge in [-0.05, 0) is 74.7 Å². The molecule has 0 aliphatic carbocycles. The van der Waals surface area contributed by atoms with Crippen molar-refractivity contribution in [1.29, 1.82) is 0 Å². The van der Waals surface area contributed by atoms with Crippen molar-refractivity contribution in [3.8, 4) is 0 Å². The van der Waals surface area contributed by atoms with Crippen molar-refractivity contribution in [3.63, 3.8) is 0 Å². The van der Waals surface area contributed by atoms with E-state index in [1.807, 2.05) is 51.1 Å². The van der Waals surface area contributed by atoms with Crippen LogP contribution in [0.2, 0.25) is 5.02 Å². The third-order valence-electron chi connectivity index (χ3n) is 6.44. The minimum absolute atomic E-state index is 0.0108. The van der Waals surface area contributed by atoms with Crippen LogP contribution in [0.4, 0.5) is 5.69 Å². The van der Waals surface area contributed by atoms with Gasteiger partial charge >= 0.3 is 0 Å². The minimum atomic E-state index is -4.13. The van der Waals surface area contributed by atoms with Crippen molar-refractivity contribution in [2.45, 2.75) is 58.0 Å². The predicted octanol–water partition coefficient (Wildman–Crippen LogP) is 5.49. The molecule has 0 aliphatic rings. The summed E-state index contributed by atoms with van der Waals surface area (Å²) in [6, 6.07) is 19.7. The summed E-state index contributed by atoms with van der Waals surface area (Å²) in [7, 11) is -4.13. The normalized spacial score (nSPS) is 12.0. The van der Waals surface area contributed by atoms with Gasteiger partial charge in [0.15, 0.2) is 0 Å². The number of rotatable bonds is 12. The van der Waals surface area contributed by atoms with Crippen LogP contribution in [0.3, 0.4) is 0 Å². The lowest BCUT2D eigenvalue weighted by atomic mass is 10.1. The van der Waals surface area contributed by atoms with Crippen LogP contribution in [-0.2, 0) is 26.2 Å². The molecule has 208 valence electrons. The van der Waals surface area contributed by atoms with Crippen molar-refractivity contribution >= 4 is 39.1 Å². The fourth-order valence-electron chi connectivity index (χ4n) is 4.05. The molecule has 0 unspecified atom stereocenters. The number of nitrogens with zero attached hydrogens (tertiary/aromatic N) is 2. The topological polar surface area (TPSA) is 86.8 Å². The molecule has 0 saturated heterocycles. The van der Waals surface area contributed by atoms with Gasteiger partial charge in [-0.3, -0.25) is 13.9 Å². The van der Waals surface area contributed by atoms with E-state index in [1.165, 1.54) is 29.2 Å². The van der Waals surface area contributed by atoms with Crippen LogP contribution >= 0.6 is 11.6 Å². The number of unbranched alkanes of at least 4 members (excludes halogenated alkanes) is 1. The molecule has 0 fully saturated rings. The summed E-state index contributed by atoms with van der Waals surface area (Å²) in [5, 5.41) is 3.29. The van der Waals surface area contributed by atoms with Gasteiger partial charge in [-0.2, -0.15) is 0 Å². The van der Waals surface area contributed by atoms with E-state index in [4.69, 9.17) is 11.6 Å². The standard InChI is InChI=1S/C30H36ClN3O4S/c1-5-6-18-32-30(36)24(4)33(20-25-12-10-22(2)11-13-25)29(35)21-34(27-9-7-8-23(3)19-27)39(37,38)28-16-14-26(31)15-17-28/h7-17,19,24H,5-6,18,20-21H2,1-4H3,(H,32,36)/t24-/m0/s1. The lowest BCUT2D eigenvalue weighted by molar-refractivity contribution is -0.139. The number of sulfonamides is 1. The molecular formula is C30H36ClN3O4S. The maximum absolute atomic E-state index is 13.9. The number of nitrogens with one attached hydrogen (secondary N) is 1. The number of amides is 2. The molecule has 3 aromatic rings. The number of halogens is 1. The molecule has 0 heterocycles. The number of hydrogen-bond donors (Lipinski definition) is 1. The summed E-state index contributed by atoms with van der Waals surface area (Å²) in [4.78, 5) is 28.4. The second-order valence-electron chi connectivity index (χ2n) is 9.63. The van der Waals surface area contributed by atoms with E-state index in [2.05, 4.69) is 5.32 Å². The molecule has 0 aromatic heterocycles. The van der Waals surface area contributed by atoms with Crippen LogP contribution in [0.1, 0.15) is 43.4 Å². The number of carbonyl (C=O) groups excluding carboxylic acids is 2. The van der Waals surface area contributed by atoms with Gasteiger partial charge in [0.25, 0.3) is 10.0 Å². The highest BCUT2D eigenvalue weighted by molar-refractivity contribution is 7.92. The van der Waals surface area contributed by atoms with Gasteiger partial charge in [-0.1, -0.05) is 66.9 Å². The van der Waals surface area contributed by atoms with E-state index in [-0.39, 0.29) is 17.3 Å². The zero-order valence-corrected chi connectivity index (χ0v) is 24.4. The summed E-state index contributed by atoms with van der Waals surface area (Å²) in [5.41, 5.74) is 3.11. The molecule has 0 saturated carbocycles. The largest absolute Gasteiger partial charge is 0.354 e. The SMILES string of the molecule is CCCCNC(=O)[C@H](C)N(Cc1ccc(C)cc1)C(=O)CN(c1cccc(C)c1)S(=O)(=O)c1ccc(Cl)cc1. The van der Waals surface area contributed by atoms with E-state index in [1.54, 1.807) is 25.1 Å². The fourth-order valence-corrected chi connectivity index (χ4v) is 5.59. The highest BCUT2D eigenvalue weighted by atomic mass is 35.5. The zero-order chi connectivity index (χ0) is 28.6. The Bertz CT molecular complexity index is 1380. The van der Waals surface area contributed by atoms with E-state index in [0.717, 1.165) is 33.8 Å². The number of aryl methyl sites for hydroxylation is 2. The lowest BCUT2D eigenvalue weighted by Gasteiger charge is -2.32. The summed E-state index contributed by atoms with van der Waals surface area (Å²) in [5.74, 6) is -0.778. The van der Waals surface area contributed by atoms with E-state index in [9.17, 15) is 18.0 Å². The Labute approximate surface area is 236 Å². The molecule has 3 aromatic carbocycles. The van der Waals surface area contributed by atoms with Crippen molar-refractivity contribution in [1.82, 2.24) is 10.2 Å². The number of benzene rings is 3. The van der Waals surface area contributed by atoms with E-state index >= 15 is 0 Å². The molecule has 2 amide bonds. The van der Waals surface area contributed by atoms with Gasteiger partial charge < -0.3 is 10.2 Å². The number of hydrogen-bond acceptors (Lipinski definition) is 4. The van der Waals surface area contributed by atoms with Crippen molar-refractivity contribution < 1.29 is 18.0 Å². The lowest BCUT2D eigenvalue weighted by Crippen LogP contribution is -2.51. The molecule has 3 rings (SSSR count). The predicted molar refractivity (Wildman–Crippen MR) is 156 cm³/mol. The van der Waals surface area contributed by atoms with Crippen LogP contribution in [0, 0.1) is 13.8 Å². The highest BCUT2D eigenvalue weighted by Gasteiger charge is 2.32. The Balaban J connectivity index is 1.99. The maximum Gasteiger partial charge on any atom is 0.264 e. The molecule has 0 bridgehead atoms. The molecule has 0 aliphatic heterocycles. The molecule has 39 heavy (non-hydrogen) atoms. The number of anilines is 1. The first-order valence-electron chi connectivity index (χ1n) is 13.0. The number of carbonyl (C=O) groups is 2. The summed E-state index contributed by atoms with van der Waals surface area (Å²) in [6.07, 6.45) is 1.75. The monoisotopic (exact) mass is 569 g/mol. The van der Waals surface area contributed by atoms with E-state index < -0.39 is 28.5 Å². The van der Waals surface area contributed by atoms with Crippen LogP contribution in [0.15, 0.2) is 77.7 Å². The first-order valence-corrected chi connectivity index (χ1v) is 14.8. The zero-order valence-electron chi connectivity index (χ0n) is 22.9. The average Bonchev–Trinajstić information content (AvgIpc) is 2.91. The Hall–Kier alpha value is -3.36. The molecule has 1 atom stereocenters. The molecule has 1 N–H and O–H groups in total. The van der Waals surface area contributed by atoms with Crippen LogP contribution < -0.4 is 9.62 Å². The van der Waals surface area contributed by atoms with Crippen LogP contribution in [0.5, 0.6) is 0 Å². The van der Waals surface area contributed by atoms with Gasteiger partial charge in [0.05, 0.1) is 10.6 Å². The first-order chi connectivity index (χ1) is 18.5. The van der Waals surface area contributed by atoms with Crippen molar-refractivity contribution in [2.75, 3.05) is 17.4 Å². The molecule has 9 heteroatoms. The van der Waals surface area contributed by atoms with Gasteiger partial charge in [-0.15, -0.1) is 0 Å².